The average molecular weight is 785 g/mol. The van der Waals surface area contributed by atoms with Gasteiger partial charge >= 0.3 is 11.9 Å². The molecule has 10 heteroatoms. The van der Waals surface area contributed by atoms with Crippen LogP contribution in [-0.4, -0.2) is 88.6 Å². The fourth-order valence-electron chi connectivity index (χ4n) is 9.04. The van der Waals surface area contributed by atoms with Crippen LogP contribution in [0.15, 0.2) is 71.9 Å². The van der Waals surface area contributed by atoms with Crippen LogP contribution in [0.5, 0.6) is 0 Å². The minimum Gasteiger partial charge on any atom is -0.458 e. The summed E-state index contributed by atoms with van der Waals surface area (Å²) in [5.41, 5.74) is 1.78. The first-order valence-electron chi connectivity index (χ1n) is 20.6. The summed E-state index contributed by atoms with van der Waals surface area (Å²) in [5.74, 6) is -3.17. The van der Waals surface area contributed by atoms with Crippen molar-refractivity contribution in [3.63, 3.8) is 0 Å². The van der Waals surface area contributed by atoms with Gasteiger partial charge in [0.1, 0.15) is 12.2 Å². The van der Waals surface area contributed by atoms with Gasteiger partial charge in [0, 0.05) is 88.9 Å². The lowest BCUT2D eigenvalue weighted by Gasteiger charge is -2.47. The highest BCUT2D eigenvalue weighted by atomic mass is 16.7. The third-order valence-corrected chi connectivity index (χ3v) is 12.4. The Labute approximate surface area is 337 Å². The zero-order valence-electron chi connectivity index (χ0n) is 36.6. The first-order valence-corrected chi connectivity index (χ1v) is 20.6. The highest BCUT2D eigenvalue weighted by molar-refractivity contribution is 5.83. The highest BCUT2D eigenvalue weighted by Crippen LogP contribution is 2.43. The Morgan fingerprint density at radius 1 is 0.679 bits per heavy atom. The molecule has 10 nitrogen and oxygen atoms in total. The van der Waals surface area contributed by atoms with Gasteiger partial charge in [0.15, 0.2) is 11.6 Å². The lowest BCUT2D eigenvalue weighted by molar-refractivity contribution is -0.280. The van der Waals surface area contributed by atoms with E-state index in [0.717, 1.165) is 24.0 Å². The highest BCUT2D eigenvalue weighted by Gasteiger charge is 2.48. The molecule has 3 aliphatic heterocycles. The number of cyclic esters (lactones) is 2. The van der Waals surface area contributed by atoms with Gasteiger partial charge in [0.05, 0.1) is 24.4 Å². The quantitative estimate of drug-likeness (QED) is 0.141. The van der Waals surface area contributed by atoms with Gasteiger partial charge in [-0.05, 0) is 51.7 Å². The molecule has 3 heterocycles. The van der Waals surface area contributed by atoms with Crippen molar-refractivity contribution in [2.24, 2.45) is 35.5 Å². The molecule has 14 atom stereocenters. The van der Waals surface area contributed by atoms with E-state index in [1.165, 1.54) is 12.2 Å². The molecular weight excluding hydrogens is 712 g/mol. The molecule has 0 aromatic heterocycles. The summed E-state index contributed by atoms with van der Waals surface area (Å²) < 4.78 is 49.3. The predicted octanol–water partition coefficient (Wildman–Crippen LogP) is 8.87. The molecular formula is C46H72O10. The smallest absolute Gasteiger partial charge is 0.331 e. The van der Waals surface area contributed by atoms with E-state index in [1.54, 1.807) is 52.7 Å². The number of ether oxygens (including phenoxy) is 8. The van der Waals surface area contributed by atoms with Crippen LogP contribution < -0.4 is 0 Å². The summed E-state index contributed by atoms with van der Waals surface area (Å²) in [7, 11) is 6.78. The summed E-state index contributed by atoms with van der Waals surface area (Å²) in [6.07, 6.45) is 19.5. The van der Waals surface area contributed by atoms with Gasteiger partial charge in [-0.3, -0.25) is 0 Å². The molecule has 2 fully saturated rings. The summed E-state index contributed by atoms with van der Waals surface area (Å²) in [6, 6.07) is 0. The van der Waals surface area contributed by atoms with Gasteiger partial charge in [-0.15, -0.1) is 0 Å². The summed E-state index contributed by atoms with van der Waals surface area (Å²) in [4.78, 5) is 26.6. The fraction of sp³-hybridized carbons (Fsp3) is 0.696. The Balaban J connectivity index is 1.87. The van der Waals surface area contributed by atoms with Crippen LogP contribution in [0.4, 0.5) is 0 Å². The largest absolute Gasteiger partial charge is 0.458 e. The molecule has 0 aromatic rings. The minimum atomic E-state index is -0.964. The van der Waals surface area contributed by atoms with Crippen LogP contribution in [0.3, 0.4) is 0 Å². The molecule has 0 saturated carbocycles. The summed E-state index contributed by atoms with van der Waals surface area (Å²) in [5, 5.41) is 0. The van der Waals surface area contributed by atoms with E-state index >= 15 is 0 Å². The monoisotopic (exact) mass is 785 g/mol. The van der Waals surface area contributed by atoms with Gasteiger partial charge in [-0.1, -0.05) is 90.2 Å². The molecule has 0 radical (unpaired) electrons. The number of hydrogen-bond acceptors (Lipinski definition) is 10. The van der Waals surface area contributed by atoms with Crippen molar-refractivity contribution in [2.45, 2.75) is 143 Å². The second-order valence-electron chi connectivity index (χ2n) is 16.1. The molecule has 0 aliphatic carbocycles. The maximum absolute atomic E-state index is 13.3. The third-order valence-electron chi connectivity index (χ3n) is 12.4. The van der Waals surface area contributed by atoms with E-state index in [-0.39, 0.29) is 59.9 Å². The van der Waals surface area contributed by atoms with Gasteiger partial charge in [-0.2, -0.15) is 0 Å². The van der Waals surface area contributed by atoms with Gasteiger partial charge < -0.3 is 37.9 Å². The second kappa shape index (κ2) is 21.8. The maximum Gasteiger partial charge on any atom is 0.331 e. The molecule has 0 aromatic carbocycles. The Bertz CT molecular complexity index is 1350. The number of carbonyl (C=O) groups is 2. The Morgan fingerprint density at radius 3 is 1.34 bits per heavy atom. The van der Waals surface area contributed by atoms with Gasteiger partial charge in [-0.25, -0.2) is 9.59 Å². The molecule has 2 saturated heterocycles. The number of hydrogen-bond donors (Lipinski definition) is 0. The van der Waals surface area contributed by atoms with E-state index in [1.807, 2.05) is 53.7 Å². The molecule has 3 aliphatic rings. The van der Waals surface area contributed by atoms with E-state index in [9.17, 15) is 9.59 Å². The van der Waals surface area contributed by atoms with Gasteiger partial charge in [0.2, 0.25) is 0 Å². The van der Waals surface area contributed by atoms with Crippen molar-refractivity contribution in [3.05, 3.63) is 71.9 Å². The molecule has 56 heavy (non-hydrogen) atoms. The predicted molar refractivity (Wildman–Crippen MR) is 219 cm³/mol. The Kier molecular flexibility index (Phi) is 18.5. The second-order valence-corrected chi connectivity index (χ2v) is 16.1. The number of esters is 2. The van der Waals surface area contributed by atoms with Gasteiger partial charge in [0.25, 0.3) is 0 Å². The molecule has 0 spiro atoms. The van der Waals surface area contributed by atoms with Crippen molar-refractivity contribution in [2.75, 3.05) is 28.4 Å². The number of carbonyl (C=O) groups excluding carboxylic acids is 2. The van der Waals surface area contributed by atoms with E-state index in [0.29, 0.717) is 12.8 Å². The topological polar surface area (TPSA) is 108 Å². The van der Waals surface area contributed by atoms with Crippen LogP contribution >= 0.6 is 0 Å². The normalized spacial score (nSPS) is 40.2. The van der Waals surface area contributed by atoms with E-state index in [2.05, 4.69) is 39.8 Å². The molecule has 0 N–H and O–H groups in total. The SMILES string of the molecule is CC[C@@H]1[C@@H](C)O[C@@](OC)(/C(C)=C/[C@H](C)[C@H]2OC(=O)/C=C/C=C/[C@H](C)[C@@H]([C@@H](C)/C=C(\C)[C@@]3(OC)C[C@@H](OC)[C@H](CC)[C@@H](C)O3)OC(=O)/C=C/C=C/[C@@H]2C)C[C@H]1OC. The van der Waals surface area contributed by atoms with Crippen LogP contribution in [0.1, 0.15) is 94.9 Å². The van der Waals surface area contributed by atoms with Crippen molar-refractivity contribution in [3.8, 4) is 0 Å². The zero-order chi connectivity index (χ0) is 41.8. The number of allylic oxidation sites excluding steroid dienone is 4. The Hall–Kier alpha value is -2.86. The first kappa shape index (κ1) is 47.5. The van der Waals surface area contributed by atoms with E-state index < -0.39 is 35.7 Å². The van der Waals surface area contributed by atoms with E-state index in [4.69, 9.17) is 37.9 Å². The third kappa shape index (κ3) is 11.6. The summed E-state index contributed by atoms with van der Waals surface area (Å²) >= 11 is 0. The minimum absolute atomic E-state index is 0.0241. The molecule has 0 amide bonds. The van der Waals surface area contributed by atoms with Crippen molar-refractivity contribution in [1.82, 2.24) is 0 Å². The van der Waals surface area contributed by atoms with Crippen LogP contribution in [-0.2, 0) is 47.5 Å². The fourth-order valence-corrected chi connectivity index (χ4v) is 9.04. The van der Waals surface area contributed by atoms with Crippen molar-refractivity contribution < 1.29 is 47.5 Å². The van der Waals surface area contributed by atoms with Crippen LogP contribution in [0, 0.1) is 35.5 Å². The lowest BCUT2D eigenvalue weighted by Crippen LogP contribution is -2.53. The maximum atomic E-state index is 13.3. The average Bonchev–Trinajstić information content (AvgIpc) is 3.17. The molecule has 0 unspecified atom stereocenters. The number of rotatable bonds is 12. The van der Waals surface area contributed by atoms with Crippen molar-refractivity contribution in [1.29, 1.82) is 0 Å². The molecule has 316 valence electrons. The van der Waals surface area contributed by atoms with Crippen molar-refractivity contribution >= 4 is 11.9 Å². The standard InChI is InChI=1S/C46H72O10/c1-15-37-35(9)55-45(51-13,27-39(37)49-11)33(7)25-31(5)43-29(3)21-17-19-24-42(48)54-44(30(4)22-18-20-23-41(47)53-43)32(6)26-34(8)46(52-14)28-40(50-12)38(16-2)36(10)56-46/h17-26,29-32,35-40,43-44H,15-16,27-28H2,1-14H3/b21-17+,22-18+,23-20+,24-19+,33-25+,34-26+/t29-,30-,31-,32-,35+,36+,37+,38+,39+,40+,43-,44-,45+,46+/m0/s1. The summed E-state index contributed by atoms with van der Waals surface area (Å²) in [6.45, 7) is 20.4. The Morgan fingerprint density at radius 2 is 1.04 bits per heavy atom. The number of methoxy groups -OCH3 is 4. The van der Waals surface area contributed by atoms with Crippen LogP contribution in [0.25, 0.3) is 0 Å². The first-order chi connectivity index (χ1) is 26.5. The zero-order valence-corrected chi connectivity index (χ0v) is 36.6. The molecule has 3 rings (SSSR count). The molecule has 0 bridgehead atoms. The van der Waals surface area contributed by atoms with Crippen LogP contribution in [0.2, 0.25) is 0 Å². The lowest BCUT2D eigenvalue weighted by atomic mass is 9.82.